The van der Waals surface area contributed by atoms with Crippen LogP contribution in [-0.4, -0.2) is 102 Å². The summed E-state index contributed by atoms with van der Waals surface area (Å²) in [7, 11) is 0. The number of ether oxygens (including phenoxy) is 4. The van der Waals surface area contributed by atoms with E-state index in [4.69, 9.17) is 18.9 Å². The number of pyridine rings is 2. The summed E-state index contributed by atoms with van der Waals surface area (Å²) in [6.45, 7) is 12.9. The fourth-order valence-corrected chi connectivity index (χ4v) is 7.75. The molecule has 9 rings (SSSR count). The van der Waals surface area contributed by atoms with Gasteiger partial charge < -0.3 is 38.5 Å². The Labute approximate surface area is 312 Å². The first kappa shape index (κ1) is 35.3. The highest BCUT2D eigenvalue weighted by Gasteiger charge is 2.46. The second kappa shape index (κ2) is 14.9. The van der Waals surface area contributed by atoms with E-state index in [1.165, 1.54) is 12.8 Å². The van der Waals surface area contributed by atoms with Gasteiger partial charge in [0, 0.05) is 51.4 Å². The number of fused-ring (bicyclic) bond motifs is 2. The lowest BCUT2D eigenvalue weighted by Crippen LogP contribution is -2.55. The minimum absolute atomic E-state index is 0.0614. The third kappa shape index (κ3) is 8.74. The lowest BCUT2D eigenvalue weighted by Gasteiger charge is -2.41. The molecule has 0 radical (unpaired) electrons. The number of rotatable bonds is 10. The molecule has 53 heavy (non-hydrogen) atoms. The van der Waals surface area contributed by atoms with Crippen LogP contribution in [0.3, 0.4) is 0 Å². The molecular weight excluding hydrogens is 672 g/mol. The number of carbonyl (C=O) groups excluding carboxylic acids is 2. The van der Waals surface area contributed by atoms with E-state index in [0.717, 1.165) is 104 Å². The summed E-state index contributed by atoms with van der Waals surface area (Å²) in [4.78, 5) is 41.4. The summed E-state index contributed by atoms with van der Waals surface area (Å²) in [5.74, 6) is 5.09. The van der Waals surface area contributed by atoms with Gasteiger partial charge in [0.2, 0.25) is 0 Å². The van der Waals surface area contributed by atoms with Gasteiger partial charge in [0.05, 0.1) is 48.2 Å². The fraction of sp³-hybridized carbons (Fsp3) is 0.561. The Hall–Kier alpha value is -4.74. The fourth-order valence-electron chi connectivity index (χ4n) is 7.75. The molecule has 4 saturated heterocycles. The molecule has 0 bridgehead atoms. The SMILES string of the molecule is CC(C)(C)OC(=O)N1CC[C@H]1COc1cncc(N2CC3CC3C2)c1.O=C(OCc1ccccc1)N1CC[C@H]1COc1cncc(N2CC3CC3C2)c1. The van der Waals surface area contributed by atoms with Crippen LogP contribution in [0.2, 0.25) is 0 Å². The first-order chi connectivity index (χ1) is 25.6. The third-order valence-electron chi connectivity index (χ3n) is 11.3. The summed E-state index contributed by atoms with van der Waals surface area (Å²) < 4.78 is 22.7. The van der Waals surface area contributed by atoms with E-state index in [-0.39, 0.29) is 24.3 Å². The molecule has 282 valence electrons. The van der Waals surface area contributed by atoms with Crippen LogP contribution in [0.25, 0.3) is 0 Å². The normalized spacial score (nSPS) is 26.2. The van der Waals surface area contributed by atoms with Crippen molar-refractivity contribution in [3.05, 3.63) is 72.8 Å². The second-order valence-corrected chi connectivity index (χ2v) is 16.5. The molecule has 3 aromatic rings. The Morgan fingerprint density at radius 3 is 1.64 bits per heavy atom. The molecule has 12 heteroatoms. The molecule has 6 atom stereocenters. The smallest absolute Gasteiger partial charge is 0.410 e. The van der Waals surface area contributed by atoms with Crippen LogP contribution in [0, 0.1) is 23.7 Å². The van der Waals surface area contributed by atoms with E-state index in [1.807, 2.05) is 63.5 Å². The van der Waals surface area contributed by atoms with Gasteiger partial charge >= 0.3 is 12.2 Å². The molecule has 12 nitrogen and oxygen atoms in total. The van der Waals surface area contributed by atoms with Gasteiger partial charge in [-0.25, -0.2) is 9.59 Å². The average Bonchev–Trinajstić information content (AvgIpc) is 3.95. The number of hydrogen-bond acceptors (Lipinski definition) is 10. The Kier molecular flexibility index (Phi) is 9.95. The van der Waals surface area contributed by atoms with E-state index < -0.39 is 5.60 Å². The minimum atomic E-state index is -0.466. The van der Waals surface area contributed by atoms with E-state index >= 15 is 0 Å². The maximum atomic E-state index is 12.3. The van der Waals surface area contributed by atoms with Gasteiger partial charge in [-0.1, -0.05) is 30.3 Å². The van der Waals surface area contributed by atoms with Crippen molar-refractivity contribution in [1.82, 2.24) is 19.8 Å². The zero-order chi connectivity index (χ0) is 36.5. The first-order valence-corrected chi connectivity index (χ1v) is 19.3. The van der Waals surface area contributed by atoms with Crippen molar-refractivity contribution in [3.8, 4) is 11.5 Å². The van der Waals surface area contributed by atoms with Crippen molar-refractivity contribution in [2.45, 2.75) is 70.7 Å². The van der Waals surface area contributed by atoms with Gasteiger partial charge in [0.25, 0.3) is 0 Å². The van der Waals surface area contributed by atoms with E-state index in [2.05, 4.69) is 31.9 Å². The zero-order valence-corrected chi connectivity index (χ0v) is 31.1. The number of likely N-dealkylation sites (tertiary alicyclic amines) is 2. The number of aromatic nitrogens is 2. The molecular formula is C41H52N6O6. The average molecular weight is 725 g/mol. The number of benzene rings is 1. The standard InChI is InChI=1S/C22H25N3O3.C19H27N3O3/c26-22(28-14-16-4-2-1-3-5-16)25-7-6-19(25)15-27-21-9-20(10-23-11-21)24-12-17-8-18(17)13-24;1-19(2,3)25-18(23)22-5-4-15(22)12-24-17-7-16(8-20-9-17)21-10-13-6-14(13)11-21/h1-5,9-11,17-19H,6-8,12-15H2;7-9,13-15H,4-6,10-12H2,1-3H3/t17?,18?,19-;13?,14?,15-/m00/s1. The van der Waals surface area contributed by atoms with Crippen molar-refractivity contribution in [3.63, 3.8) is 0 Å². The predicted octanol–water partition coefficient (Wildman–Crippen LogP) is 6.25. The Bertz CT molecular complexity index is 1730. The molecule has 6 heterocycles. The topological polar surface area (TPSA) is 110 Å². The number of carbonyl (C=O) groups is 2. The molecule has 6 fully saturated rings. The summed E-state index contributed by atoms with van der Waals surface area (Å²) >= 11 is 0. The molecule has 2 aromatic heterocycles. The van der Waals surface area contributed by atoms with Crippen LogP contribution < -0.4 is 19.3 Å². The third-order valence-corrected chi connectivity index (χ3v) is 11.3. The van der Waals surface area contributed by atoms with Crippen LogP contribution in [0.1, 0.15) is 52.0 Å². The molecule has 0 spiro atoms. The highest BCUT2D eigenvalue weighted by molar-refractivity contribution is 5.70. The second-order valence-electron chi connectivity index (χ2n) is 16.5. The predicted molar refractivity (Wildman–Crippen MR) is 200 cm³/mol. The largest absolute Gasteiger partial charge is 0.490 e. The molecule has 2 aliphatic carbocycles. The summed E-state index contributed by atoms with van der Waals surface area (Å²) in [5.41, 5.74) is 2.80. The van der Waals surface area contributed by atoms with Gasteiger partial charge in [-0.3, -0.25) is 9.97 Å². The minimum Gasteiger partial charge on any atom is -0.490 e. The van der Waals surface area contributed by atoms with Crippen molar-refractivity contribution in [2.24, 2.45) is 23.7 Å². The summed E-state index contributed by atoms with van der Waals surface area (Å²) in [6, 6.07) is 14.0. The van der Waals surface area contributed by atoms with Crippen molar-refractivity contribution in [2.75, 3.05) is 62.3 Å². The lowest BCUT2D eigenvalue weighted by molar-refractivity contribution is -0.0141. The zero-order valence-electron chi connectivity index (χ0n) is 31.1. The first-order valence-electron chi connectivity index (χ1n) is 19.3. The van der Waals surface area contributed by atoms with Gasteiger partial charge in [0.15, 0.2) is 0 Å². The van der Waals surface area contributed by atoms with Crippen LogP contribution >= 0.6 is 0 Å². The Balaban J connectivity index is 0.000000152. The van der Waals surface area contributed by atoms with E-state index in [9.17, 15) is 9.59 Å². The van der Waals surface area contributed by atoms with Crippen molar-refractivity contribution >= 4 is 23.6 Å². The van der Waals surface area contributed by atoms with Crippen LogP contribution in [0.15, 0.2) is 67.3 Å². The number of nitrogens with zero attached hydrogens (tertiary/aromatic N) is 6. The van der Waals surface area contributed by atoms with E-state index in [1.54, 1.807) is 22.2 Å². The van der Waals surface area contributed by atoms with Crippen molar-refractivity contribution < 1.29 is 28.5 Å². The Morgan fingerprint density at radius 1 is 0.698 bits per heavy atom. The molecule has 1 aromatic carbocycles. The highest BCUT2D eigenvalue weighted by atomic mass is 16.6. The number of piperidine rings is 2. The molecule has 0 N–H and O–H groups in total. The monoisotopic (exact) mass is 724 g/mol. The summed E-state index contributed by atoms with van der Waals surface area (Å²) in [6.07, 6.45) is 11.4. The molecule has 2 saturated carbocycles. The number of hydrogen-bond donors (Lipinski definition) is 0. The van der Waals surface area contributed by atoms with Gasteiger partial charge in [-0.15, -0.1) is 0 Å². The molecule has 2 amide bonds. The van der Waals surface area contributed by atoms with Gasteiger partial charge in [-0.05, 0) is 75.7 Å². The molecule has 6 aliphatic rings. The quantitative estimate of drug-likeness (QED) is 0.238. The van der Waals surface area contributed by atoms with Gasteiger partial charge in [-0.2, -0.15) is 0 Å². The molecule has 4 unspecified atom stereocenters. The van der Waals surface area contributed by atoms with Crippen molar-refractivity contribution in [1.29, 1.82) is 0 Å². The van der Waals surface area contributed by atoms with Gasteiger partial charge in [0.1, 0.15) is 36.9 Å². The van der Waals surface area contributed by atoms with Crippen LogP contribution in [0.5, 0.6) is 11.5 Å². The van der Waals surface area contributed by atoms with Crippen LogP contribution in [-0.2, 0) is 16.1 Å². The maximum absolute atomic E-state index is 12.3. The number of anilines is 2. The number of amides is 2. The van der Waals surface area contributed by atoms with Crippen LogP contribution in [0.4, 0.5) is 21.0 Å². The lowest BCUT2D eigenvalue weighted by atomic mass is 10.1. The maximum Gasteiger partial charge on any atom is 0.410 e. The Morgan fingerprint density at radius 2 is 1.19 bits per heavy atom. The van der Waals surface area contributed by atoms with E-state index in [0.29, 0.717) is 19.8 Å². The highest BCUT2D eigenvalue weighted by Crippen LogP contribution is 2.47. The summed E-state index contributed by atoms with van der Waals surface area (Å²) in [5, 5.41) is 0. The molecule has 4 aliphatic heterocycles.